The predicted octanol–water partition coefficient (Wildman–Crippen LogP) is 2.38. The maximum absolute atomic E-state index is 11.6. The molecule has 1 rings (SSSR count). The van der Waals surface area contributed by atoms with E-state index in [9.17, 15) is 4.79 Å². The molecule has 0 bridgehead atoms. The lowest BCUT2D eigenvalue weighted by atomic mass is 10.2. The number of nitrogens with zero attached hydrogens (tertiary/aromatic N) is 1. The van der Waals surface area contributed by atoms with E-state index in [0.29, 0.717) is 19.6 Å². The average molecular weight is 301 g/mol. The predicted molar refractivity (Wildman–Crippen MR) is 84.5 cm³/mol. The minimum absolute atomic E-state index is 0. The molecule has 1 amide bonds. The number of amides is 1. The SMILES string of the molecule is Cc1ccccc1OCCCN(C)C(=O)CCCN.Cl. The van der Waals surface area contributed by atoms with Crippen molar-refractivity contribution in [1.29, 1.82) is 0 Å². The fourth-order valence-corrected chi connectivity index (χ4v) is 1.77. The summed E-state index contributed by atoms with van der Waals surface area (Å²) >= 11 is 0. The molecule has 0 unspecified atom stereocenters. The quantitative estimate of drug-likeness (QED) is 0.750. The highest BCUT2D eigenvalue weighted by Crippen LogP contribution is 2.16. The molecule has 4 nitrogen and oxygen atoms in total. The molecule has 0 atom stereocenters. The number of carbonyl (C=O) groups is 1. The Kier molecular flexibility index (Phi) is 9.86. The lowest BCUT2D eigenvalue weighted by Crippen LogP contribution is -2.28. The minimum atomic E-state index is 0. The summed E-state index contributed by atoms with van der Waals surface area (Å²) in [6.45, 7) is 3.93. The van der Waals surface area contributed by atoms with Gasteiger partial charge in [-0.25, -0.2) is 0 Å². The highest BCUT2D eigenvalue weighted by molar-refractivity contribution is 5.85. The van der Waals surface area contributed by atoms with E-state index < -0.39 is 0 Å². The molecule has 1 aromatic carbocycles. The summed E-state index contributed by atoms with van der Waals surface area (Å²) in [5.41, 5.74) is 6.52. The van der Waals surface area contributed by atoms with Gasteiger partial charge in [0.15, 0.2) is 0 Å². The summed E-state index contributed by atoms with van der Waals surface area (Å²) in [4.78, 5) is 13.4. The average Bonchev–Trinajstić information content (AvgIpc) is 2.42. The molecular formula is C15H25ClN2O2. The van der Waals surface area contributed by atoms with Gasteiger partial charge in [-0.15, -0.1) is 12.4 Å². The smallest absolute Gasteiger partial charge is 0.222 e. The van der Waals surface area contributed by atoms with Crippen LogP contribution in [0.3, 0.4) is 0 Å². The van der Waals surface area contributed by atoms with Crippen molar-refractivity contribution in [3.63, 3.8) is 0 Å². The third-order valence-corrected chi connectivity index (χ3v) is 3.01. The van der Waals surface area contributed by atoms with Crippen LogP contribution in [0.4, 0.5) is 0 Å². The van der Waals surface area contributed by atoms with Crippen LogP contribution in [0.1, 0.15) is 24.8 Å². The number of hydrogen-bond acceptors (Lipinski definition) is 3. The fraction of sp³-hybridized carbons (Fsp3) is 0.533. The van der Waals surface area contributed by atoms with Crippen LogP contribution in [0.2, 0.25) is 0 Å². The van der Waals surface area contributed by atoms with E-state index in [-0.39, 0.29) is 18.3 Å². The monoisotopic (exact) mass is 300 g/mol. The number of ether oxygens (including phenoxy) is 1. The Balaban J connectivity index is 0.00000361. The van der Waals surface area contributed by atoms with Crippen molar-refractivity contribution < 1.29 is 9.53 Å². The van der Waals surface area contributed by atoms with E-state index in [2.05, 4.69) is 0 Å². The molecule has 0 aliphatic carbocycles. The van der Waals surface area contributed by atoms with Crippen molar-refractivity contribution >= 4 is 18.3 Å². The molecule has 20 heavy (non-hydrogen) atoms. The van der Waals surface area contributed by atoms with Gasteiger partial charge in [0.25, 0.3) is 0 Å². The Morgan fingerprint density at radius 1 is 1.30 bits per heavy atom. The lowest BCUT2D eigenvalue weighted by Gasteiger charge is -2.17. The normalized spacial score (nSPS) is 9.75. The second-order valence-electron chi connectivity index (χ2n) is 4.68. The van der Waals surface area contributed by atoms with E-state index in [0.717, 1.165) is 30.7 Å². The van der Waals surface area contributed by atoms with Crippen molar-refractivity contribution in [2.75, 3.05) is 26.7 Å². The number of hydrogen-bond donors (Lipinski definition) is 1. The van der Waals surface area contributed by atoms with E-state index in [1.54, 1.807) is 4.90 Å². The standard InChI is InChI=1S/C15H24N2O2.ClH/c1-13-7-3-4-8-14(13)19-12-6-11-17(2)15(18)9-5-10-16;/h3-4,7-8H,5-6,9-12,16H2,1-2H3;1H. The highest BCUT2D eigenvalue weighted by atomic mass is 35.5. The third-order valence-electron chi connectivity index (χ3n) is 3.01. The van der Waals surface area contributed by atoms with Crippen molar-refractivity contribution in [2.24, 2.45) is 5.73 Å². The van der Waals surface area contributed by atoms with Crippen LogP contribution < -0.4 is 10.5 Å². The number of benzene rings is 1. The van der Waals surface area contributed by atoms with Crippen molar-refractivity contribution in [2.45, 2.75) is 26.2 Å². The zero-order chi connectivity index (χ0) is 14.1. The first-order valence-electron chi connectivity index (χ1n) is 6.77. The Bertz CT molecular complexity index is 399. The maximum atomic E-state index is 11.6. The van der Waals surface area contributed by atoms with Crippen LogP contribution in [-0.4, -0.2) is 37.6 Å². The van der Waals surface area contributed by atoms with Crippen molar-refractivity contribution in [1.82, 2.24) is 4.90 Å². The molecule has 114 valence electrons. The molecule has 0 aliphatic rings. The summed E-state index contributed by atoms with van der Waals surface area (Å²) in [6, 6.07) is 7.94. The number of carbonyl (C=O) groups excluding carboxylic acids is 1. The Morgan fingerprint density at radius 3 is 2.65 bits per heavy atom. The van der Waals surface area contributed by atoms with Gasteiger partial charge in [0.2, 0.25) is 5.91 Å². The zero-order valence-corrected chi connectivity index (χ0v) is 13.1. The van der Waals surface area contributed by atoms with Gasteiger partial charge in [0, 0.05) is 20.0 Å². The Hall–Kier alpha value is -1.26. The molecule has 0 aromatic heterocycles. The molecule has 0 heterocycles. The molecule has 0 spiro atoms. The summed E-state index contributed by atoms with van der Waals surface area (Å²) in [5.74, 6) is 1.07. The van der Waals surface area contributed by atoms with E-state index in [1.807, 2.05) is 38.2 Å². The zero-order valence-electron chi connectivity index (χ0n) is 12.3. The number of para-hydroxylation sites is 1. The van der Waals surface area contributed by atoms with Gasteiger partial charge in [0.05, 0.1) is 6.61 Å². The summed E-state index contributed by atoms with van der Waals surface area (Å²) in [6.07, 6.45) is 2.12. The Morgan fingerprint density at radius 2 is 2.00 bits per heavy atom. The lowest BCUT2D eigenvalue weighted by molar-refractivity contribution is -0.130. The molecule has 0 saturated heterocycles. The molecule has 0 saturated carbocycles. The number of nitrogens with two attached hydrogens (primary N) is 1. The maximum Gasteiger partial charge on any atom is 0.222 e. The number of rotatable bonds is 8. The van der Waals surface area contributed by atoms with Crippen LogP contribution in [0.25, 0.3) is 0 Å². The van der Waals surface area contributed by atoms with E-state index >= 15 is 0 Å². The van der Waals surface area contributed by atoms with Crippen LogP contribution in [-0.2, 0) is 4.79 Å². The van der Waals surface area contributed by atoms with Gasteiger partial charge in [-0.1, -0.05) is 18.2 Å². The molecule has 0 aliphatic heterocycles. The van der Waals surface area contributed by atoms with E-state index in [4.69, 9.17) is 10.5 Å². The van der Waals surface area contributed by atoms with E-state index in [1.165, 1.54) is 0 Å². The summed E-state index contributed by atoms with van der Waals surface area (Å²) < 4.78 is 5.69. The largest absolute Gasteiger partial charge is 0.493 e. The fourth-order valence-electron chi connectivity index (χ4n) is 1.77. The van der Waals surface area contributed by atoms with Crippen LogP contribution in [0.15, 0.2) is 24.3 Å². The summed E-state index contributed by atoms with van der Waals surface area (Å²) in [7, 11) is 1.83. The van der Waals surface area contributed by atoms with Crippen molar-refractivity contribution in [3.05, 3.63) is 29.8 Å². The molecule has 5 heteroatoms. The second-order valence-corrected chi connectivity index (χ2v) is 4.68. The first-order chi connectivity index (χ1) is 9.15. The highest BCUT2D eigenvalue weighted by Gasteiger charge is 2.07. The number of aryl methyl sites for hydroxylation is 1. The molecule has 0 radical (unpaired) electrons. The van der Waals surface area contributed by atoms with Crippen LogP contribution in [0.5, 0.6) is 5.75 Å². The topological polar surface area (TPSA) is 55.6 Å². The molecule has 0 fully saturated rings. The van der Waals surface area contributed by atoms with Gasteiger partial charge in [0.1, 0.15) is 5.75 Å². The molecule has 2 N–H and O–H groups in total. The third kappa shape index (κ3) is 6.78. The summed E-state index contributed by atoms with van der Waals surface area (Å²) in [5, 5.41) is 0. The Labute approximate surface area is 127 Å². The molecular weight excluding hydrogens is 276 g/mol. The first-order valence-corrected chi connectivity index (χ1v) is 6.77. The first kappa shape index (κ1) is 18.7. The van der Waals surface area contributed by atoms with Gasteiger partial charge in [-0.3, -0.25) is 4.79 Å². The van der Waals surface area contributed by atoms with Gasteiger partial charge >= 0.3 is 0 Å². The molecule has 1 aromatic rings. The van der Waals surface area contributed by atoms with Crippen molar-refractivity contribution in [3.8, 4) is 5.75 Å². The van der Waals surface area contributed by atoms with Gasteiger partial charge in [-0.05, 0) is 37.9 Å². The second kappa shape index (κ2) is 10.5. The minimum Gasteiger partial charge on any atom is -0.493 e. The van der Waals surface area contributed by atoms with Crippen LogP contribution in [0, 0.1) is 6.92 Å². The van der Waals surface area contributed by atoms with Gasteiger partial charge in [-0.2, -0.15) is 0 Å². The van der Waals surface area contributed by atoms with Crippen LogP contribution >= 0.6 is 12.4 Å². The number of halogens is 1. The van der Waals surface area contributed by atoms with Gasteiger partial charge < -0.3 is 15.4 Å².